The Morgan fingerprint density at radius 1 is 1.50 bits per heavy atom. The lowest BCUT2D eigenvalue weighted by atomic mass is 9.99. The van der Waals surface area contributed by atoms with Crippen molar-refractivity contribution in [1.29, 1.82) is 0 Å². The number of aromatic nitrogens is 2. The summed E-state index contributed by atoms with van der Waals surface area (Å²) in [6.07, 6.45) is 4.90. The molecule has 1 fully saturated rings. The van der Waals surface area contributed by atoms with Crippen LogP contribution in [0.4, 0.5) is 0 Å². The standard InChI is InChI=1S/C11H18N2S/c1-7(2)10(9-4-5-9)13-6-8(3)12-11(13)14/h6-7,9-10H,4-5H2,1-3H3,(H,12,14). The topological polar surface area (TPSA) is 20.7 Å². The molecule has 0 radical (unpaired) electrons. The maximum Gasteiger partial charge on any atom is 0.177 e. The van der Waals surface area contributed by atoms with Crippen LogP contribution in [0.3, 0.4) is 0 Å². The highest BCUT2D eigenvalue weighted by atomic mass is 32.1. The fourth-order valence-corrected chi connectivity index (χ4v) is 2.62. The zero-order chi connectivity index (χ0) is 10.3. The number of aromatic amines is 1. The second-order valence-corrected chi connectivity index (χ2v) is 5.11. The third-order valence-electron chi connectivity index (χ3n) is 2.98. The first-order chi connectivity index (χ1) is 6.59. The Hall–Kier alpha value is -0.570. The van der Waals surface area contributed by atoms with E-state index in [1.807, 2.05) is 0 Å². The predicted octanol–water partition coefficient (Wildman–Crippen LogP) is 3.46. The number of imidazole rings is 1. The number of rotatable bonds is 3. The molecule has 1 saturated carbocycles. The molecule has 1 aliphatic carbocycles. The Balaban J connectivity index is 2.34. The van der Waals surface area contributed by atoms with Gasteiger partial charge in [0.2, 0.25) is 0 Å². The SMILES string of the molecule is Cc1cn(C(C(C)C)C2CC2)c(=S)[nH]1. The van der Waals surface area contributed by atoms with Gasteiger partial charge in [0.15, 0.2) is 4.77 Å². The van der Waals surface area contributed by atoms with Gasteiger partial charge in [0.05, 0.1) is 0 Å². The lowest BCUT2D eigenvalue weighted by Crippen LogP contribution is -2.16. The smallest absolute Gasteiger partial charge is 0.177 e. The summed E-state index contributed by atoms with van der Waals surface area (Å²) in [6, 6.07) is 0.604. The zero-order valence-electron chi connectivity index (χ0n) is 9.08. The minimum Gasteiger partial charge on any atom is -0.335 e. The van der Waals surface area contributed by atoms with Crippen molar-refractivity contribution in [2.24, 2.45) is 11.8 Å². The van der Waals surface area contributed by atoms with E-state index in [0.717, 1.165) is 10.7 Å². The quantitative estimate of drug-likeness (QED) is 0.758. The molecule has 1 atom stereocenters. The minimum atomic E-state index is 0.604. The van der Waals surface area contributed by atoms with Gasteiger partial charge in [0.1, 0.15) is 0 Å². The highest BCUT2D eigenvalue weighted by molar-refractivity contribution is 7.71. The van der Waals surface area contributed by atoms with Gasteiger partial charge in [-0.1, -0.05) is 13.8 Å². The lowest BCUT2D eigenvalue weighted by molar-refractivity contribution is 0.332. The van der Waals surface area contributed by atoms with Gasteiger partial charge in [-0.15, -0.1) is 0 Å². The number of hydrogen-bond acceptors (Lipinski definition) is 1. The fraction of sp³-hybridized carbons (Fsp3) is 0.727. The number of H-pyrrole nitrogens is 1. The predicted molar refractivity (Wildman–Crippen MR) is 61.0 cm³/mol. The molecule has 1 unspecified atom stereocenters. The summed E-state index contributed by atoms with van der Waals surface area (Å²) in [5.74, 6) is 1.53. The third-order valence-corrected chi connectivity index (χ3v) is 3.29. The van der Waals surface area contributed by atoms with Crippen LogP contribution >= 0.6 is 12.2 Å². The summed E-state index contributed by atoms with van der Waals surface area (Å²) in [7, 11) is 0. The first kappa shape index (κ1) is 9.97. The van der Waals surface area contributed by atoms with Gasteiger partial charge < -0.3 is 9.55 Å². The van der Waals surface area contributed by atoms with Gasteiger partial charge in [0, 0.05) is 17.9 Å². The highest BCUT2D eigenvalue weighted by Gasteiger charge is 2.34. The van der Waals surface area contributed by atoms with Crippen molar-refractivity contribution in [2.45, 2.75) is 39.7 Å². The summed E-state index contributed by atoms with van der Waals surface area (Å²) in [5.41, 5.74) is 1.17. The molecule has 0 saturated heterocycles. The third kappa shape index (κ3) is 1.78. The summed E-state index contributed by atoms with van der Waals surface area (Å²) in [5, 5.41) is 0. The van der Waals surface area contributed by atoms with E-state index in [1.165, 1.54) is 18.5 Å². The lowest BCUT2D eigenvalue weighted by Gasteiger charge is -2.21. The molecule has 0 bridgehead atoms. The summed E-state index contributed by atoms with van der Waals surface area (Å²) in [6.45, 7) is 6.64. The second-order valence-electron chi connectivity index (χ2n) is 4.72. The Labute approximate surface area is 90.3 Å². The molecule has 1 N–H and O–H groups in total. The fourth-order valence-electron chi connectivity index (χ4n) is 2.28. The van der Waals surface area contributed by atoms with Gasteiger partial charge in [-0.3, -0.25) is 0 Å². The number of aryl methyl sites for hydroxylation is 1. The van der Waals surface area contributed by atoms with Crippen molar-refractivity contribution in [3.8, 4) is 0 Å². The molecule has 78 valence electrons. The number of nitrogens with zero attached hydrogens (tertiary/aromatic N) is 1. The van der Waals surface area contributed by atoms with Crippen molar-refractivity contribution in [2.75, 3.05) is 0 Å². The second kappa shape index (κ2) is 3.54. The van der Waals surface area contributed by atoms with E-state index < -0.39 is 0 Å². The molecule has 0 aliphatic heterocycles. The van der Waals surface area contributed by atoms with E-state index in [9.17, 15) is 0 Å². The van der Waals surface area contributed by atoms with Crippen LogP contribution in [0, 0.1) is 23.5 Å². The first-order valence-corrected chi connectivity index (χ1v) is 5.78. The maximum atomic E-state index is 5.32. The van der Waals surface area contributed by atoms with Crippen molar-refractivity contribution in [3.05, 3.63) is 16.7 Å². The van der Waals surface area contributed by atoms with E-state index in [-0.39, 0.29) is 0 Å². The summed E-state index contributed by atoms with van der Waals surface area (Å²) in [4.78, 5) is 3.20. The molecule has 0 amide bonds. The van der Waals surface area contributed by atoms with Gasteiger partial charge in [-0.25, -0.2) is 0 Å². The molecule has 0 aromatic carbocycles. The molecule has 1 heterocycles. The average molecular weight is 210 g/mol. The molecular formula is C11H18N2S. The Morgan fingerprint density at radius 3 is 2.50 bits per heavy atom. The van der Waals surface area contributed by atoms with E-state index >= 15 is 0 Å². The minimum absolute atomic E-state index is 0.604. The van der Waals surface area contributed by atoms with Gasteiger partial charge >= 0.3 is 0 Å². The number of nitrogens with one attached hydrogen (secondary N) is 1. The molecule has 14 heavy (non-hydrogen) atoms. The Bertz CT molecular complexity index is 369. The van der Waals surface area contributed by atoms with Crippen molar-refractivity contribution in [1.82, 2.24) is 9.55 Å². The molecule has 1 aromatic heterocycles. The molecule has 1 aromatic rings. The van der Waals surface area contributed by atoms with Gasteiger partial charge in [0.25, 0.3) is 0 Å². The van der Waals surface area contributed by atoms with Crippen LogP contribution in [0.15, 0.2) is 6.20 Å². The van der Waals surface area contributed by atoms with Crippen molar-refractivity contribution >= 4 is 12.2 Å². The van der Waals surface area contributed by atoms with Gasteiger partial charge in [-0.05, 0) is 43.8 Å². The van der Waals surface area contributed by atoms with Crippen molar-refractivity contribution < 1.29 is 0 Å². The highest BCUT2D eigenvalue weighted by Crippen LogP contribution is 2.43. The molecule has 0 spiro atoms. The maximum absolute atomic E-state index is 5.32. The van der Waals surface area contributed by atoms with E-state index in [4.69, 9.17) is 12.2 Å². The van der Waals surface area contributed by atoms with Crippen LogP contribution in [0.25, 0.3) is 0 Å². The molecule has 2 rings (SSSR count). The van der Waals surface area contributed by atoms with Crippen LogP contribution in [0.1, 0.15) is 38.4 Å². The molecular weight excluding hydrogens is 192 g/mol. The van der Waals surface area contributed by atoms with Crippen LogP contribution in [0.2, 0.25) is 0 Å². The Kier molecular flexibility index (Phi) is 2.52. The number of hydrogen-bond donors (Lipinski definition) is 1. The van der Waals surface area contributed by atoms with Crippen LogP contribution in [-0.2, 0) is 0 Å². The van der Waals surface area contributed by atoms with E-state index in [0.29, 0.717) is 12.0 Å². The monoisotopic (exact) mass is 210 g/mol. The van der Waals surface area contributed by atoms with Gasteiger partial charge in [-0.2, -0.15) is 0 Å². The van der Waals surface area contributed by atoms with E-state index in [1.54, 1.807) is 0 Å². The van der Waals surface area contributed by atoms with Crippen LogP contribution in [0.5, 0.6) is 0 Å². The summed E-state index contributed by atoms with van der Waals surface area (Å²) >= 11 is 5.32. The van der Waals surface area contributed by atoms with E-state index in [2.05, 4.69) is 36.5 Å². The van der Waals surface area contributed by atoms with Crippen LogP contribution in [-0.4, -0.2) is 9.55 Å². The zero-order valence-corrected chi connectivity index (χ0v) is 9.90. The normalized spacial score (nSPS) is 18.9. The first-order valence-electron chi connectivity index (χ1n) is 5.37. The average Bonchev–Trinajstić information content (AvgIpc) is 2.81. The Morgan fingerprint density at radius 2 is 2.14 bits per heavy atom. The van der Waals surface area contributed by atoms with Crippen LogP contribution < -0.4 is 0 Å². The molecule has 1 aliphatic rings. The largest absolute Gasteiger partial charge is 0.335 e. The van der Waals surface area contributed by atoms with Crippen molar-refractivity contribution in [3.63, 3.8) is 0 Å². The summed E-state index contributed by atoms with van der Waals surface area (Å²) < 4.78 is 3.14. The molecule has 3 heteroatoms. The molecule has 2 nitrogen and oxygen atoms in total.